The first-order valence-electron chi connectivity index (χ1n) is 8.21. The molecule has 24 heavy (non-hydrogen) atoms. The van der Waals surface area contributed by atoms with E-state index in [1.807, 2.05) is 37.3 Å². The Bertz CT molecular complexity index is 791. The van der Waals surface area contributed by atoms with Crippen molar-refractivity contribution < 1.29 is 13.2 Å². The normalized spacial score (nSPS) is 13.8. The molecule has 0 saturated carbocycles. The van der Waals surface area contributed by atoms with Crippen LogP contribution in [0.2, 0.25) is 0 Å². The summed E-state index contributed by atoms with van der Waals surface area (Å²) in [6.07, 6.45) is 3.09. The number of nitrogens with zero attached hydrogens (tertiary/aromatic N) is 2. The molecule has 0 N–H and O–H groups in total. The van der Waals surface area contributed by atoms with Gasteiger partial charge in [-0.2, -0.15) is 4.31 Å². The smallest absolute Gasteiger partial charge is 0.214 e. The SMILES string of the molecule is CCN(Cc1ccccn1)S(=O)(=O)CCc1ccc2c(c1)CCO2. The second-order valence-electron chi connectivity index (χ2n) is 5.85. The summed E-state index contributed by atoms with van der Waals surface area (Å²) in [5.74, 6) is 1.03. The van der Waals surface area contributed by atoms with E-state index in [0.717, 1.165) is 23.4 Å². The van der Waals surface area contributed by atoms with Crippen LogP contribution in [0.3, 0.4) is 0 Å². The lowest BCUT2D eigenvalue weighted by atomic mass is 10.1. The number of aromatic nitrogens is 1. The Morgan fingerprint density at radius 3 is 2.88 bits per heavy atom. The van der Waals surface area contributed by atoms with Gasteiger partial charge in [-0.15, -0.1) is 0 Å². The van der Waals surface area contributed by atoms with Gasteiger partial charge in [-0.1, -0.05) is 25.1 Å². The summed E-state index contributed by atoms with van der Waals surface area (Å²) < 4.78 is 32.3. The van der Waals surface area contributed by atoms with Crippen LogP contribution < -0.4 is 4.74 Å². The Balaban J connectivity index is 1.66. The van der Waals surface area contributed by atoms with E-state index < -0.39 is 10.0 Å². The minimum atomic E-state index is -3.32. The lowest BCUT2D eigenvalue weighted by Crippen LogP contribution is -2.33. The monoisotopic (exact) mass is 346 g/mol. The Kier molecular flexibility index (Phi) is 5.16. The Hall–Kier alpha value is -1.92. The largest absolute Gasteiger partial charge is 0.493 e. The van der Waals surface area contributed by atoms with Gasteiger partial charge in [0.15, 0.2) is 0 Å². The highest BCUT2D eigenvalue weighted by molar-refractivity contribution is 7.89. The second-order valence-corrected chi connectivity index (χ2v) is 7.94. The topological polar surface area (TPSA) is 59.5 Å². The number of sulfonamides is 1. The summed E-state index contributed by atoms with van der Waals surface area (Å²) in [5, 5.41) is 0. The molecule has 0 saturated heterocycles. The average molecular weight is 346 g/mol. The molecule has 5 nitrogen and oxygen atoms in total. The minimum Gasteiger partial charge on any atom is -0.493 e. The molecule has 128 valence electrons. The molecule has 0 fully saturated rings. The van der Waals surface area contributed by atoms with Crippen molar-refractivity contribution in [3.63, 3.8) is 0 Å². The summed E-state index contributed by atoms with van der Waals surface area (Å²) in [4.78, 5) is 4.22. The molecule has 0 unspecified atom stereocenters. The summed E-state index contributed by atoms with van der Waals surface area (Å²) in [6.45, 7) is 3.33. The van der Waals surface area contributed by atoms with E-state index in [1.54, 1.807) is 6.20 Å². The lowest BCUT2D eigenvalue weighted by molar-refractivity contribution is 0.357. The number of hydrogen-bond donors (Lipinski definition) is 0. The van der Waals surface area contributed by atoms with Gasteiger partial charge in [-0.3, -0.25) is 4.98 Å². The van der Waals surface area contributed by atoms with Gasteiger partial charge in [0.05, 0.1) is 24.6 Å². The molecule has 2 heterocycles. The molecule has 1 aromatic carbocycles. The molecule has 0 atom stereocenters. The van der Waals surface area contributed by atoms with Gasteiger partial charge in [0.1, 0.15) is 5.75 Å². The number of hydrogen-bond acceptors (Lipinski definition) is 4. The zero-order chi connectivity index (χ0) is 17.0. The van der Waals surface area contributed by atoms with E-state index in [2.05, 4.69) is 11.1 Å². The predicted octanol–water partition coefficient (Wildman–Crippen LogP) is 2.41. The van der Waals surface area contributed by atoms with Crippen molar-refractivity contribution in [2.75, 3.05) is 18.9 Å². The number of rotatable bonds is 7. The molecule has 0 spiro atoms. The Morgan fingerprint density at radius 2 is 2.12 bits per heavy atom. The quantitative estimate of drug-likeness (QED) is 0.772. The van der Waals surface area contributed by atoms with Crippen molar-refractivity contribution in [3.05, 3.63) is 59.4 Å². The first-order valence-corrected chi connectivity index (χ1v) is 9.82. The first kappa shape index (κ1) is 16.9. The molecule has 3 rings (SSSR count). The van der Waals surface area contributed by atoms with Crippen molar-refractivity contribution in [2.45, 2.75) is 26.3 Å². The Labute approximate surface area is 143 Å². The summed E-state index contributed by atoms with van der Waals surface area (Å²) in [5.41, 5.74) is 2.97. The van der Waals surface area contributed by atoms with Crippen molar-refractivity contribution in [1.29, 1.82) is 0 Å². The van der Waals surface area contributed by atoms with Gasteiger partial charge in [-0.25, -0.2) is 8.42 Å². The van der Waals surface area contributed by atoms with Gasteiger partial charge in [0.2, 0.25) is 10.0 Å². The van der Waals surface area contributed by atoms with Crippen LogP contribution >= 0.6 is 0 Å². The van der Waals surface area contributed by atoms with Gasteiger partial charge in [0.25, 0.3) is 0 Å². The standard InChI is InChI=1S/C18H22N2O3S/c1-2-20(14-17-5-3-4-10-19-17)24(21,22)12-9-15-6-7-18-16(13-15)8-11-23-18/h3-7,10,13H,2,8-9,11-12,14H2,1H3. The number of ether oxygens (including phenoxy) is 1. The van der Waals surface area contributed by atoms with E-state index in [1.165, 1.54) is 9.87 Å². The second kappa shape index (κ2) is 7.32. The summed E-state index contributed by atoms with van der Waals surface area (Å²) in [7, 11) is -3.32. The molecule has 1 aliphatic rings. The number of pyridine rings is 1. The van der Waals surface area contributed by atoms with Crippen molar-refractivity contribution in [1.82, 2.24) is 9.29 Å². The number of benzene rings is 1. The minimum absolute atomic E-state index is 0.104. The summed E-state index contributed by atoms with van der Waals surface area (Å²) >= 11 is 0. The maximum atomic E-state index is 12.6. The number of aryl methyl sites for hydroxylation is 1. The fourth-order valence-corrected chi connectivity index (χ4v) is 4.32. The van der Waals surface area contributed by atoms with Crippen LogP contribution in [0.25, 0.3) is 0 Å². The van der Waals surface area contributed by atoms with E-state index in [9.17, 15) is 8.42 Å². The van der Waals surface area contributed by atoms with Crippen molar-refractivity contribution in [3.8, 4) is 5.75 Å². The fourth-order valence-electron chi connectivity index (χ4n) is 2.85. The molecule has 1 aromatic heterocycles. The van der Waals surface area contributed by atoms with Crippen LogP contribution in [-0.4, -0.2) is 36.6 Å². The third kappa shape index (κ3) is 3.94. The average Bonchev–Trinajstić information content (AvgIpc) is 3.06. The van der Waals surface area contributed by atoms with Crippen LogP contribution in [0, 0.1) is 0 Å². The summed E-state index contributed by atoms with van der Waals surface area (Å²) in [6, 6.07) is 11.5. The predicted molar refractivity (Wildman–Crippen MR) is 93.5 cm³/mol. The third-order valence-electron chi connectivity index (χ3n) is 4.21. The molecule has 0 aliphatic carbocycles. The fraction of sp³-hybridized carbons (Fsp3) is 0.389. The van der Waals surface area contributed by atoms with Crippen LogP contribution in [0.1, 0.15) is 23.7 Å². The highest BCUT2D eigenvalue weighted by Gasteiger charge is 2.21. The van der Waals surface area contributed by atoms with Crippen LogP contribution in [-0.2, 0) is 29.4 Å². The molecule has 1 aliphatic heterocycles. The van der Waals surface area contributed by atoms with E-state index in [0.29, 0.717) is 26.1 Å². The molecular weight excluding hydrogens is 324 g/mol. The molecule has 0 bridgehead atoms. The van der Waals surface area contributed by atoms with Crippen LogP contribution in [0.15, 0.2) is 42.6 Å². The highest BCUT2D eigenvalue weighted by Crippen LogP contribution is 2.26. The maximum Gasteiger partial charge on any atom is 0.214 e. The number of fused-ring (bicyclic) bond motifs is 1. The molecule has 2 aromatic rings. The highest BCUT2D eigenvalue weighted by atomic mass is 32.2. The lowest BCUT2D eigenvalue weighted by Gasteiger charge is -2.20. The first-order chi connectivity index (χ1) is 11.6. The molecule has 0 radical (unpaired) electrons. The Morgan fingerprint density at radius 1 is 1.25 bits per heavy atom. The van der Waals surface area contributed by atoms with Crippen molar-refractivity contribution in [2.24, 2.45) is 0 Å². The van der Waals surface area contributed by atoms with E-state index in [4.69, 9.17) is 4.74 Å². The van der Waals surface area contributed by atoms with Gasteiger partial charge < -0.3 is 4.74 Å². The van der Waals surface area contributed by atoms with Crippen molar-refractivity contribution >= 4 is 10.0 Å². The molecular formula is C18H22N2O3S. The van der Waals surface area contributed by atoms with Gasteiger partial charge >= 0.3 is 0 Å². The molecule has 6 heteroatoms. The van der Waals surface area contributed by atoms with Gasteiger partial charge in [0, 0.05) is 19.2 Å². The zero-order valence-electron chi connectivity index (χ0n) is 13.8. The van der Waals surface area contributed by atoms with Crippen LogP contribution in [0.5, 0.6) is 5.75 Å². The third-order valence-corrected chi connectivity index (χ3v) is 6.11. The van der Waals surface area contributed by atoms with Crippen LogP contribution in [0.4, 0.5) is 0 Å². The maximum absolute atomic E-state index is 12.6. The molecule has 0 amide bonds. The van der Waals surface area contributed by atoms with Gasteiger partial charge in [-0.05, 0) is 35.7 Å². The van der Waals surface area contributed by atoms with E-state index in [-0.39, 0.29) is 5.75 Å². The van der Waals surface area contributed by atoms with E-state index >= 15 is 0 Å². The zero-order valence-corrected chi connectivity index (χ0v) is 14.6.